The summed E-state index contributed by atoms with van der Waals surface area (Å²) < 4.78 is 0. The van der Waals surface area contributed by atoms with Crippen molar-refractivity contribution in [1.82, 2.24) is 15.4 Å². The summed E-state index contributed by atoms with van der Waals surface area (Å²) in [5, 5.41) is 25.0. The molecular weight excluding hydrogens is 394 g/mol. The summed E-state index contributed by atoms with van der Waals surface area (Å²) in [4.78, 5) is 40.8. The number of carbonyl (C=O) groups excluding carboxylic acids is 1. The van der Waals surface area contributed by atoms with Gasteiger partial charge in [-0.2, -0.15) is 0 Å². The number of non-ortho nitro benzene ring substituents is 1. The Balaban J connectivity index is 1.69. The van der Waals surface area contributed by atoms with Gasteiger partial charge < -0.3 is 5.32 Å². The van der Waals surface area contributed by atoms with Crippen molar-refractivity contribution < 1.29 is 14.6 Å². The second kappa shape index (κ2) is 9.05. The van der Waals surface area contributed by atoms with Crippen molar-refractivity contribution >= 4 is 34.6 Å². The molecule has 0 radical (unpaired) electrons. The topological polar surface area (TPSA) is 165 Å². The molecule has 30 heavy (non-hydrogen) atoms. The summed E-state index contributed by atoms with van der Waals surface area (Å²) in [6.45, 7) is 0. The number of nitro groups is 2. The second-order valence-corrected chi connectivity index (χ2v) is 5.94. The summed E-state index contributed by atoms with van der Waals surface area (Å²) in [6, 6.07) is 14.2. The highest BCUT2D eigenvalue weighted by Crippen LogP contribution is 2.30. The molecule has 12 heteroatoms. The first-order chi connectivity index (χ1) is 14.4. The molecule has 2 aromatic carbocycles. The van der Waals surface area contributed by atoms with Crippen LogP contribution in [0.25, 0.3) is 0 Å². The van der Waals surface area contributed by atoms with Crippen LogP contribution in [0.1, 0.15) is 5.56 Å². The third kappa shape index (κ3) is 5.01. The number of nitro benzene ring substituents is 1. The highest BCUT2D eigenvalue weighted by Gasteiger charge is 2.23. The van der Waals surface area contributed by atoms with Gasteiger partial charge in [-0.05, 0) is 17.7 Å². The van der Waals surface area contributed by atoms with Gasteiger partial charge in [0.05, 0.1) is 16.3 Å². The average Bonchev–Trinajstić information content (AvgIpc) is 2.73. The Hall–Kier alpha value is -4.61. The molecule has 0 fully saturated rings. The van der Waals surface area contributed by atoms with Crippen LogP contribution in [-0.4, -0.2) is 25.7 Å². The first kappa shape index (κ1) is 20.1. The van der Waals surface area contributed by atoms with E-state index in [0.717, 1.165) is 6.33 Å². The number of carbonyl (C=O) groups is 1. The lowest BCUT2D eigenvalue weighted by atomic mass is 10.1. The highest BCUT2D eigenvalue weighted by atomic mass is 16.6. The minimum atomic E-state index is -0.671. The van der Waals surface area contributed by atoms with Crippen molar-refractivity contribution in [2.45, 2.75) is 6.42 Å². The molecule has 0 spiro atoms. The fourth-order valence-electron chi connectivity index (χ4n) is 2.49. The zero-order valence-electron chi connectivity index (χ0n) is 15.3. The van der Waals surface area contributed by atoms with Crippen LogP contribution in [0, 0.1) is 20.2 Å². The van der Waals surface area contributed by atoms with Gasteiger partial charge in [0.2, 0.25) is 17.5 Å². The van der Waals surface area contributed by atoms with Crippen LogP contribution in [0.2, 0.25) is 0 Å². The van der Waals surface area contributed by atoms with E-state index in [1.54, 1.807) is 30.3 Å². The molecule has 0 saturated heterocycles. The van der Waals surface area contributed by atoms with Crippen molar-refractivity contribution in [3.8, 4) is 0 Å². The molecule has 3 N–H and O–H groups in total. The monoisotopic (exact) mass is 409 g/mol. The number of benzene rings is 2. The molecule has 0 aliphatic heterocycles. The summed E-state index contributed by atoms with van der Waals surface area (Å²) in [5.74, 6) is -0.770. The SMILES string of the molecule is O=C(Cc1ccc([N+](=O)[O-])cc1)NNc1ncnc(Nc2ccccc2)c1[N+](=O)[O-]. The Labute approximate surface area is 169 Å². The Morgan fingerprint density at radius 1 is 0.900 bits per heavy atom. The number of nitrogens with zero attached hydrogens (tertiary/aromatic N) is 4. The standard InChI is InChI=1S/C18H15N7O5/c26-15(10-12-6-8-14(9-7-12)24(27)28)22-23-18-16(25(29)30)17(19-11-20-18)21-13-4-2-1-3-5-13/h1-9,11H,10H2,(H,22,26)(H2,19,20,21,23). The molecule has 0 aliphatic carbocycles. The average molecular weight is 409 g/mol. The lowest BCUT2D eigenvalue weighted by Crippen LogP contribution is -2.31. The van der Waals surface area contributed by atoms with Gasteiger partial charge in [0, 0.05) is 17.8 Å². The smallest absolute Gasteiger partial charge is 0.334 e. The van der Waals surface area contributed by atoms with E-state index in [2.05, 4.69) is 26.1 Å². The van der Waals surface area contributed by atoms with Crippen LogP contribution in [0.4, 0.5) is 28.7 Å². The maximum Gasteiger partial charge on any atom is 0.355 e. The Bertz CT molecular complexity index is 1070. The molecular formula is C18H15N7O5. The van der Waals surface area contributed by atoms with Gasteiger partial charge >= 0.3 is 5.69 Å². The highest BCUT2D eigenvalue weighted by molar-refractivity contribution is 5.81. The van der Waals surface area contributed by atoms with Gasteiger partial charge in [-0.25, -0.2) is 9.97 Å². The molecule has 0 aliphatic rings. The second-order valence-electron chi connectivity index (χ2n) is 5.94. The number of para-hydroxylation sites is 1. The number of hydrazine groups is 1. The van der Waals surface area contributed by atoms with Crippen LogP contribution in [0.5, 0.6) is 0 Å². The quantitative estimate of drug-likeness (QED) is 0.374. The van der Waals surface area contributed by atoms with Gasteiger partial charge in [0.1, 0.15) is 6.33 Å². The van der Waals surface area contributed by atoms with E-state index in [1.807, 2.05) is 0 Å². The van der Waals surface area contributed by atoms with Gasteiger partial charge in [-0.15, -0.1) is 0 Å². The number of rotatable bonds is 8. The maximum atomic E-state index is 12.1. The van der Waals surface area contributed by atoms with Crippen molar-refractivity contribution in [3.05, 3.63) is 86.7 Å². The molecule has 1 amide bonds. The largest absolute Gasteiger partial charge is 0.355 e. The van der Waals surface area contributed by atoms with Crippen LogP contribution in [-0.2, 0) is 11.2 Å². The Morgan fingerprint density at radius 2 is 1.57 bits per heavy atom. The molecule has 0 bridgehead atoms. The lowest BCUT2D eigenvalue weighted by molar-refractivity contribution is -0.384. The van der Waals surface area contributed by atoms with Crippen molar-refractivity contribution in [2.24, 2.45) is 0 Å². The van der Waals surface area contributed by atoms with E-state index < -0.39 is 21.4 Å². The third-order valence-corrected chi connectivity index (χ3v) is 3.87. The molecule has 0 saturated carbocycles. The zero-order chi connectivity index (χ0) is 21.5. The van der Waals surface area contributed by atoms with Crippen molar-refractivity contribution in [3.63, 3.8) is 0 Å². The molecule has 12 nitrogen and oxygen atoms in total. The lowest BCUT2D eigenvalue weighted by Gasteiger charge is -2.11. The summed E-state index contributed by atoms with van der Waals surface area (Å²) >= 11 is 0. The normalized spacial score (nSPS) is 10.1. The maximum absolute atomic E-state index is 12.1. The van der Waals surface area contributed by atoms with E-state index in [0.29, 0.717) is 11.3 Å². The third-order valence-electron chi connectivity index (χ3n) is 3.87. The molecule has 152 valence electrons. The van der Waals surface area contributed by atoms with Crippen molar-refractivity contribution in [2.75, 3.05) is 10.7 Å². The van der Waals surface area contributed by atoms with Gasteiger partial charge in [-0.3, -0.25) is 35.9 Å². The minimum Gasteiger partial charge on any atom is -0.334 e. The van der Waals surface area contributed by atoms with Crippen LogP contribution in [0.15, 0.2) is 60.9 Å². The van der Waals surface area contributed by atoms with Gasteiger partial charge in [0.15, 0.2) is 0 Å². The molecule has 1 aromatic heterocycles. The van der Waals surface area contributed by atoms with Crippen molar-refractivity contribution in [1.29, 1.82) is 0 Å². The molecule has 0 atom stereocenters. The van der Waals surface area contributed by atoms with E-state index in [-0.39, 0.29) is 23.7 Å². The summed E-state index contributed by atoms with van der Waals surface area (Å²) in [7, 11) is 0. The van der Waals surface area contributed by atoms with Gasteiger partial charge in [0.25, 0.3) is 5.69 Å². The van der Waals surface area contributed by atoms with E-state index in [9.17, 15) is 25.0 Å². The fourth-order valence-corrected chi connectivity index (χ4v) is 2.49. The molecule has 0 unspecified atom stereocenters. The van der Waals surface area contributed by atoms with E-state index >= 15 is 0 Å². The Morgan fingerprint density at radius 3 is 2.20 bits per heavy atom. The van der Waals surface area contributed by atoms with Crippen LogP contribution < -0.4 is 16.2 Å². The number of nitrogens with one attached hydrogen (secondary N) is 3. The Kier molecular flexibility index (Phi) is 6.08. The first-order valence-corrected chi connectivity index (χ1v) is 8.53. The van der Waals surface area contributed by atoms with E-state index in [1.165, 1.54) is 24.3 Å². The fraction of sp³-hybridized carbons (Fsp3) is 0.0556. The van der Waals surface area contributed by atoms with Crippen LogP contribution >= 0.6 is 0 Å². The number of anilines is 3. The first-order valence-electron chi connectivity index (χ1n) is 8.53. The predicted octanol–water partition coefficient (Wildman–Crippen LogP) is 2.72. The summed E-state index contributed by atoms with van der Waals surface area (Å²) in [5.41, 5.74) is 5.34. The minimum absolute atomic E-state index is 0.0479. The molecule has 1 heterocycles. The summed E-state index contributed by atoms with van der Waals surface area (Å²) in [6.07, 6.45) is 1.02. The molecule has 3 aromatic rings. The molecule has 3 rings (SSSR count). The number of aromatic nitrogens is 2. The number of amides is 1. The van der Waals surface area contributed by atoms with E-state index in [4.69, 9.17) is 0 Å². The van der Waals surface area contributed by atoms with Crippen LogP contribution in [0.3, 0.4) is 0 Å². The zero-order valence-corrected chi connectivity index (χ0v) is 15.3. The van der Waals surface area contributed by atoms with Gasteiger partial charge in [-0.1, -0.05) is 30.3 Å². The predicted molar refractivity (Wildman–Crippen MR) is 107 cm³/mol. The number of hydrogen-bond acceptors (Lipinski definition) is 9. The number of hydrogen-bond donors (Lipinski definition) is 3.